The predicted molar refractivity (Wildman–Crippen MR) is 86.5 cm³/mol. The van der Waals surface area contributed by atoms with Gasteiger partial charge in [0.2, 0.25) is 0 Å². The summed E-state index contributed by atoms with van der Waals surface area (Å²) in [4.78, 5) is 16.5. The Morgan fingerprint density at radius 2 is 2.00 bits per heavy atom. The van der Waals surface area contributed by atoms with Crippen LogP contribution in [0.2, 0.25) is 0 Å². The molecular weight excluding hydrogens is 311 g/mol. The third-order valence-corrected chi connectivity index (χ3v) is 4.66. The molecule has 1 amide bonds. The molecule has 1 aromatic carbocycles. The Hall–Kier alpha value is -2.41. The average Bonchev–Trinajstić information content (AvgIpc) is 3.06. The summed E-state index contributed by atoms with van der Waals surface area (Å²) in [5.41, 5.74) is 2.93. The van der Waals surface area contributed by atoms with Gasteiger partial charge in [0, 0.05) is 43.9 Å². The minimum absolute atomic E-state index is 0.0776. The Morgan fingerprint density at radius 3 is 2.79 bits per heavy atom. The number of piperazine rings is 1. The van der Waals surface area contributed by atoms with Crippen LogP contribution in [0.4, 0.5) is 10.1 Å². The predicted octanol–water partition coefficient (Wildman–Crippen LogP) is 1.58. The molecule has 4 rings (SSSR count). The number of anilines is 1. The first-order chi connectivity index (χ1) is 11.7. The maximum absolute atomic E-state index is 13.9. The number of halogens is 1. The second kappa shape index (κ2) is 6.24. The van der Waals surface area contributed by atoms with E-state index in [4.69, 9.17) is 4.74 Å². The van der Waals surface area contributed by atoms with E-state index in [1.165, 1.54) is 6.07 Å². The van der Waals surface area contributed by atoms with Crippen LogP contribution < -0.4 is 4.90 Å². The number of para-hydroxylation sites is 1. The number of hydrogen-bond donors (Lipinski definition) is 1. The number of amides is 1. The molecular formula is C17H19FN4O2. The first-order valence-corrected chi connectivity index (χ1v) is 8.16. The molecule has 3 heterocycles. The number of fused-ring (bicyclic) bond motifs is 1. The van der Waals surface area contributed by atoms with Gasteiger partial charge in [-0.1, -0.05) is 12.1 Å². The fraction of sp³-hybridized carbons (Fsp3) is 0.412. The second-order valence-corrected chi connectivity index (χ2v) is 6.06. The van der Waals surface area contributed by atoms with Crippen molar-refractivity contribution < 1.29 is 13.9 Å². The summed E-state index contributed by atoms with van der Waals surface area (Å²) in [6.45, 7) is 3.41. The van der Waals surface area contributed by atoms with E-state index in [0.717, 1.165) is 17.7 Å². The number of aromatic nitrogens is 2. The molecule has 126 valence electrons. The van der Waals surface area contributed by atoms with Gasteiger partial charge < -0.3 is 14.5 Å². The Balaban J connectivity index is 1.45. The van der Waals surface area contributed by atoms with Crippen LogP contribution in [0.25, 0.3) is 0 Å². The van der Waals surface area contributed by atoms with Crippen molar-refractivity contribution in [3.8, 4) is 0 Å². The van der Waals surface area contributed by atoms with Gasteiger partial charge >= 0.3 is 0 Å². The molecule has 2 aromatic rings. The number of carbonyl (C=O) groups is 1. The Kier molecular flexibility index (Phi) is 3.93. The van der Waals surface area contributed by atoms with E-state index in [1.807, 2.05) is 11.0 Å². The Bertz CT molecular complexity index is 753. The molecule has 0 atom stereocenters. The van der Waals surface area contributed by atoms with Crippen molar-refractivity contribution in [3.05, 3.63) is 47.0 Å². The first kappa shape index (κ1) is 15.1. The minimum atomic E-state index is -0.226. The van der Waals surface area contributed by atoms with Crippen molar-refractivity contribution in [2.75, 3.05) is 37.7 Å². The van der Waals surface area contributed by atoms with Crippen molar-refractivity contribution in [3.63, 3.8) is 0 Å². The molecule has 0 aliphatic carbocycles. The number of H-pyrrole nitrogens is 1. The molecule has 0 saturated carbocycles. The van der Waals surface area contributed by atoms with Crippen molar-refractivity contribution >= 4 is 11.6 Å². The third kappa shape index (κ3) is 2.65. The highest BCUT2D eigenvalue weighted by atomic mass is 19.1. The quantitative estimate of drug-likeness (QED) is 0.908. The zero-order valence-electron chi connectivity index (χ0n) is 13.3. The molecule has 1 aromatic heterocycles. The van der Waals surface area contributed by atoms with Crippen LogP contribution in [0.3, 0.4) is 0 Å². The monoisotopic (exact) mass is 330 g/mol. The number of rotatable bonds is 2. The number of nitrogens with one attached hydrogen (secondary N) is 1. The highest BCUT2D eigenvalue weighted by Crippen LogP contribution is 2.23. The summed E-state index contributed by atoms with van der Waals surface area (Å²) in [7, 11) is 0. The zero-order chi connectivity index (χ0) is 16.5. The number of hydrogen-bond acceptors (Lipinski definition) is 4. The number of benzene rings is 1. The molecule has 7 heteroatoms. The lowest BCUT2D eigenvalue weighted by atomic mass is 10.1. The van der Waals surface area contributed by atoms with Gasteiger partial charge in [0.05, 0.1) is 18.9 Å². The van der Waals surface area contributed by atoms with Gasteiger partial charge in [0.1, 0.15) is 5.82 Å². The maximum Gasteiger partial charge on any atom is 0.274 e. The van der Waals surface area contributed by atoms with E-state index in [9.17, 15) is 9.18 Å². The van der Waals surface area contributed by atoms with E-state index < -0.39 is 0 Å². The largest absolute Gasteiger partial charge is 0.376 e. The third-order valence-electron chi connectivity index (χ3n) is 4.66. The molecule has 6 nitrogen and oxygen atoms in total. The lowest BCUT2D eigenvalue weighted by molar-refractivity contribution is 0.0727. The summed E-state index contributed by atoms with van der Waals surface area (Å²) < 4.78 is 19.3. The summed E-state index contributed by atoms with van der Waals surface area (Å²) in [6, 6.07) is 6.74. The van der Waals surface area contributed by atoms with Crippen LogP contribution in [-0.2, 0) is 17.8 Å². The van der Waals surface area contributed by atoms with Crippen LogP contribution in [0.1, 0.15) is 21.7 Å². The molecule has 1 fully saturated rings. The number of aromatic amines is 1. The highest BCUT2D eigenvalue weighted by Gasteiger charge is 2.28. The van der Waals surface area contributed by atoms with Crippen LogP contribution in [0.15, 0.2) is 24.3 Å². The van der Waals surface area contributed by atoms with Gasteiger partial charge in [-0.2, -0.15) is 5.10 Å². The molecule has 0 bridgehead atoms. The summed E-state index contributed by atoms with van der Waals surface area (Å²) in [5.74, 6) is -0.304. The van der Waals surface area contributed by atoms with Crippen molar-refractivity contribution in [1.82, 2.24) is 15.1 Å². The van der Waals surface area contributed by atoms with Gasteiger partial charge in [0.25, 0.3) is 5.91 Å². The lowest BCUT2D eigenvalue weighted by Gasteiger charge is -2.36. The number of nitrogens with zero attached hydrogens (tertiary/aromatic N) is 3. The van der Waals surface area contributed by atoms with E-state index in [0.29, 0.717) is 50.8 Å². The SMILES string of the molecule is O=C(c1n[nH]c2c1COCC2)N1CCN(c2ccccc2F)CC1. The van der Waals surface area contributed by atoms with Gasteiger partial charge in [-0.3, -0.25) is 9.89 Å². The fourth-order valence-corrected chi connectivity index (χ4v) is 3.30. The van der Waals surface area contributed by atoms with E-state index >= 15 is 0 Å². The summed E-state index contributed by atoms with van der Waals surface area (Å²) in [6.07, 6.45) is 0.761. The molecule has 0 spiro atoms. The second-order valence-electron chi connectivity index (χ2n) is 6.06. The number of carbonyl (C=O) groups excluding carboxylic acids is 1. The van der Waals surface area contributed by atoms with Crippen LogP contribution >= 0.6 is 0 Å². The average molecular weight is 330 g/mol. The topological polar surface area (TPSA) is 61.5 Å². The fourth-order valence-electron chi connectivity index (χ4n) is 3.30. The first-order valence-electron chi connectivity index (χ1n) is 8.16. The van der Waals surface area contributed by atoms with Gasteiger partial charge in [0.15, 0.2) is 5.69 Å². The normalized spacial score (nSPS) is 17.7. The zero-order valence-corrected chi connectivity index (χ0v) is 13.3. The highest BCUT2D eigenvalue weighted by molar-refractivity contribution is 5.94. The summed E-state index contributed by atoms with van der Waals surface area (Å²) in [5, 5.41) is 7.15. The minimum Gasteiger partial charge on any atom is -0.376 e. The summed E-state index contributed by atoms with van der Waals surface area (Å²) >= 11 is 0. The molecule has 0 unspecified atom stereocenters. The Morgan fingerprint density at radius 1 is 1.21 bits per heavy atom. The van der Waals surface area contributed by atoms with Crippen molar-refractivity contribution in [1.29, 1.82) is 0 Å². The van der Waals surface area contributed by atoms with E-state index in [-0.39, 0.29) is 11.7 Å². The van der Waals surface area contributed by atoms with Gasteiger partial charge in [-0.25, -0.2) is 4.39 Å². The van der Waals surface area contributed by atoms with Gasteiger partial charge in [-0.15, -0.1) is 0 Å². The van der Waals surface area contributed by atoms with Crippen LogP contribution in [0, 0.1) is 5.82 Å². The lowest BCUT2D eigenvalue weighted by Crippen LogP contribution is -2.49. The molecule has 2 aliphatic heterocycles. The van der Waals surface area contributed by atoms with Gasteiger partial charge in [-0.05, 0) is 12.1 Å². The van der Waals surface area contributed by atoms with Crippen molar-refractivity contribution in [2.45, 2.75) is 13.0 Å². The molecule has 24 heavy (non-hydrogen) atoms. The molecule has 1 saturated heterocycles. The standard InChI is InChI=1S/C17H19FN4O2/c18-13-3-1-2-4-15(13)21-6-8-22(9-7-21)17(23)16-12-11-24-10-5-14(12)19-20-16/h1-4H,5-11H2,(H,19,20). The van der Waals surface area contributed by atoms with Crippen LogP contribution in [-0.4, -0.2) is 53.8 Å². The van der Waals surface area contributed by atoms with Crippen molar-refractivity contribution in [2.24, 2.45) is 0 Å². The molecule has 2 aliphatic rings. The molecule has 1 N–H and O–H groups in total. The molecule has 0 radical (unpaired) electrons. The van der Waals surface area contributed by atoms with Crippen LogP contribution in [0.5, 0.6) is 0 Å². The number of ether oxygens (including phenoxy) is 1. The maximum atomic E-state index is 13.9. The van der Waals surface area contributed by atoms with E-state index in [1.54, 1.807) is 17.0 Å². The Labute approximate surface area is 139 Å². The van der Waals surface area contributed by atoms with E-state index in [2.05, 4.69) is 10.2 Å². The smallest absolute Gasteiger partial charge is 0.274 e.